The van der Waals surface area contributed by atoms with Crippen molar-refractivity contribution in [1.82, 2.24) is 14.8 Å². The van der Waals surface area contributed by atoms with Gasteiger partial charge in [-0.25, -0.2) is 8.78 Å². The van der Waals surface area contributed by atoms with Crippen molar-refractivity contribution in [2.24, 2.45) is 5.10 Å². The lowest BCUT2D eigenvalue weighted by Crippen LogP contribution is -2.57. The van der Waals surface area contributed by atoms with Gasteiger partial charge < -0.3 is 5.11 Å². The first kappa shape index (κ1) is 18.1. The lowest BCUT2D eigenvalue weighted by molar-refractivity contribution is -0.302. The zero-order chi connectivity index (χ0) is 18.6. The highest BCUT2D eigenvalue weighted by Gasteiger charge is 2.61. The monoisotopic (exact) mass is 386 g/mol. The molecule has 0 spiro atoms. The fourth-order valence-corrected chi connectivity index (χ4v) is 2.98. The zero-order valence-corrected chi connectivity index (χ0v) is 13.2. The minimum absolute atomic E-state index is 0.0959. The van der Waals surface area contributed by atoms with Gasteiger partial charge in [0.15, 0.2) is 0 Å². The molecule has 138 valence electrons. The summed E-state index contributed by atoms with van der Waals surface area (Å²) in [7, 11) is 0. The van der Waals surface area contributed by atoms with E-state index in [4.69, 9.17) is 11.6 Å². The fourth-order valence-electron chi connectivity index (χ4n) is 2.61. The summed E-state index contributed by atoms with van der Waals surface area (Å²) in [5.74, 6) is -1.42. The summed E-state index contributed by atoms with van der Waals surface area (Å²) in [6.07, 6.45) is -6.98. The molecule has 1 aliphatic carbocycles. The minimum Gasteiger partial charge on any atom is -0.362 e. The molecule has 0 saturated heterocycles. The fraction of sp³-hybridized carbons (Fsp3) is 0.615. The van der Waals surface area contributed by atoms with E-state index < -0.39 is 42.9 Å². The van der Waals surface area contributed by atoms with Gasteiger partial charge in [-0.3, -0.25) is 9.48 Å². The highest BCUT2D eigenvalue weighted by molar-refractivity contribution is 6.32. The van der Waals surface area contributed by atoms with E-state index in [0.29, 0.717) is 12.8 Å². The van der Waals surface area contributed by atoms with E-state index in [0.717, 1.165) is 10.9 Å². The summed E-state index contributed by atoms with van der Waals surface area (Å²) in [4.78, 5) is 12.2. The molecular formula is C13H12ClF5N4O2. The molecule has 1 atom stereocenters. The lowest BCUT2D eigenvalue weighted by atomic mass is 10.1. The Morgan fingerprint density at radius 1 is 1.44 bits per heavy atom. The van der Waals surface area contributed by atoms with Gasteiger partial charge in [-0.05, 0) is 12.8 Å². The number of carbonyl (C=O) groups is 1. The van der Waals surface area contributed by atoms with Crippen LogP contribution in [-0.4, -0.2) is 43.9 Å². The van der Waals surface area contributed by atoms with Crippen LogP contribution in [0.4, 0.5) is 22.0 Å². The predicted octanol–water partition coefficient (Wildman–Crippen LogP) is 2.82. The van der Waals surface area contributed by atoms with E-state index in [1.54, 1.807) is 0 Å². The average molecular weight is 387 g/mol. The van der Waals surface area contributed by atoms with Crippen LogP contribution in [0.3, 0.4) is 0 Å². The number of hydrazone groups is 1. The quantitative estimate of drug-likeness (QED) is 0.809. The van der Waals surface area contributed by atoms with Crippen molar-refractivity contribution in [3.05, 3.63) is 16.4 Å². The Kier molecular flexibility index (Phi) is 4.26. The minimum atomic E-state index is -5.13. The molecule has 3 rings (SSSR count). The third-order valence-corrected chi connectivity index (χ3v) is 4.41. The first-order valence-electron chi connectivity index (χ1n) is 7.25. The maximum atomic E-state index is 13.0. The van der Waals surface area contributed by atoms with Gasteiger partial charge in [0.2, 0.25) is 0 Å². The molecule has 6 nitrogen and oxygen atoms in total. The Morgan fingerprint density at radius 3 is 2.60 bits per heavy atom. The van der Waals surface area contributed by atoms with E-state index in [-0.39, 0.29) is 21.6 Å². The number of aliphatic hydroxyl groups is 1. The number of aromatic nitrogens is 2. The van der Waals surface area contributed by atoms with Crippen molar-refractivity contribution in [3.8, 4) is 0 Å². The second-order valence-electron chi connectivity index (χ2n) is 5.84. The maximum absolute atomic E-state index is 13.0. The number of hydrogen-bond donors (Lipinski definition) is 1. The molecule has 12 heteroatoms. The van der Waals surface area contributed by atoms with Gasteiger partial charge >= 0.3 is 6.18 Å². The number of carbonyl (C=O) groups excluding carboxylic acids is 1. The highest BCUT2D eigenvalue weighted by Crippen LogP contribution is 2.46. The molecule has 25 heavy (non-hydrogen) atoms. The molecule has 1 aliphatic heterocycles. The third-order valence-electron chi connectivity index (χ3n) is 4.03. The Bertz CT molecular complexity index is 731. The molecule has 0 radical (unpaired) electrons. The van der Waals surface area contributed by atoms with Crippen molar-refractivity contribution in [3.63, 3.8) is 0 Å². The van der Waals surface area contributed by atoms with Crippen LogP contribution in [0.5, 0.6) is 0 Å². The van der Waals surface area contributed by atoms with Gasteiger partial charge in [0.05, 0.1) is 10.7 Å². The summed E-state index contributed by atoms with van der Waals surface area (Å²) < 4.78 is 65.8. The Morgan fingerprint density at radius 2 is 2.08 bits per heavy atom. The van der Waals surface area contributed by atoms with Crippen molar-refractivity contribution in [2.45, 2.75) is 50.1 Å². The normalized spacial score (nSPS) is 23.8. The predicted molar refractivity (Wildman–Crippen MR) is 75.1 cm³/mol. The molecule has 1 fully saturated rings. The van der Waals surface area contributed by atoms with Crippen molar-refractivity contribution in [1.29, 1.82) is 0 Å². The molecule has 1 aromatic rings. The van der Waals surface area contributed by atoms with E-state index in [1.807, 2.05) is 0 Å². The van der Waals surface area contributed by atoms with Crippen LogP contribution in [0.1, 0.15) is 43.0 Å². The Balaban J connectivity index is 1.89. The van der Waals surface area contributed by atoms with E-state index in [9.17, 15) is 31.9 Å². The van der Waals surface area contributed by atoms with E-state index >= 15 is 0 Å². The number of amides is 1. The summed E-state index contributed by atoms with van der Waals surface area (Å²) in [5.41, 5.74) is -4.01. The molecule has 1 N–H and O–H groups in total. The zero-order valence-electron chi connectivity index (χ0n) is 12.5. The van der Waals surface area contributed by atoms with Crippen molar-refractivity contribution >= 4 is 23.7 Å². The number of hydrogen-bond acceptors (Lipinski definition) is 4. The summed E-state index contributed by atoms with van der Waals surface area (Å²) in [6, 6.07) is 0. The second kappa shape index (κ2) is 5.90. The summed E-state index contributed by atoms with van der Waals surface area (Å²) >= 11 is 5.88. The smallest absolute Gasteiger partial charge is 0.362 e. The number of rotatable bonds is 4. The number of nitrogens with zero attached hydrogens (tertiary/aromatic N) is 4. The highest BCUT2D eigenvalue weighted by atomic mass is 35.5. The van der Waals surface area contributed by atoms with E-state index in [2.05, 4.69) is 10.2 Å². The molecule has 0 aromatic carbocycles. The molecule has 1 amide bonds. The number of alkyl halides is 5. The summed E-state index contributed by atoms with van der Waals surface area (Å²) in [6.45, 7) is -0.798. The molecule has 1 aromatic heterocycles. The van der Waals surface area contributed by atoms with Gasteiger partial charge in [-0.2, -0.15) is 28.4 Å². The number of halogens is 6. The van der Waals surface area contributed by atoms with Crippen LogP contribution in [0.15, 0.2) is 5.10 Å². The molecule has 2 aliphatic rings. The van der Waals surface area contributed by atoms with Gasteiger partial charge in [0.25, 0.3) is 18.1 Å². The molecule has 1 saturated carbocycles. The lowest BCUT2D eigenvalue weighted by Gasteiger charge is -2.32. The maximum Gasteiger partial charge on any atom is 0.438 e. The van der Waals surface area contributed by atoms with Crippen LogP contribution < -0.4 is 0 Å². The third kappa shape index (κ3) is 2.99. The van der Waals surface area contributed by atoms with Crippen LogP contribution >= 0.6 is 11.6 Å². The SMILES string of the molecule is O=C(Cn1nc(C(F)F)c(Cl)c1C1CC1)N1N=CC[C@]1(O)C(F)(F)F. The summed E-state index contributed by atoms with van der Waals surface area (Å²) in [5, 5.41) is 16.2. The standard InChI is InChI=1S/C13H12ClF5N4O2/c14-8-9(11(15)16)21-22(10(8)6-1-2-6)5-7(24)23-12(25,3-4-20-23)13(17,18)19/h4,6,11,25H,1-3,5H2/t12-/m0/s1. The first-order valence-corrected chi connectivity index (χ1v) is 7.63. The van der Waals surface area contributed by atoms with Gasteiger partial charge in [0, 0.05) is 18.6 Å². The largest absolute Gasteiger partial charge is 0.438 e. The Labute approximate surface area is 142 Å². The topological polar surface area (TPSA) is 70.7 Å². The average Bonchev–Trinajstić information content (AvgIpc) is 3.15. The van der Waals surface area contributed by atoms with Crippen LogP contribution in [0.2, 0.25) is 5.02 Å². The van der Waals surface area contributed by atoms with Gasteiger partial charge in [-0.15, -0.1) is 0 Å². The van der Waals surface area contributed by atoms with Crippen LogP contribution in [0, 0.1) is 0 Å². The second-order valence-corrected chi connectivity index (χ2v) is 6.22. The van der Waals surface area contributed by atoms with Gasteiger partial charge in [-0.1, -0.05) is 11.6 Å². The molecule has 0 unspecified atom stereocenters. The molecule has 0 bridgehead atoms. The van der Waals surface area contributed by atoms with Crippen LogP contribution in [0.25, 0.3) is 0 Å². The van der Waals surface area contributed by atoms with Crippen LogP contribution in [-0.2, 0) is 11.3 Å². The molecule has 2 heterocycles. The van der Waals surface area contributed by atoms with Gasteiger partial charge in [0.1, 0.15) is 12.2 Å². The Hall–Kier alpha value is -1.75. The van der Waals surface area contributed by atoms with E-state index in [1.165, 1.54) is 0 Å². The van der Waals surface area contributed by atoms with Crippen molar-refractivity contribution in [2.75, 3.05) is 0 Å². The first-order chi connectivity index (χ1) is 11.6. The van der Waals surface area contributed by atoms with Crippen molar-refractivity contribution < 1.29 is 31.9 Å². The molecular weight excluding hydrogens is 375 g/mol.